The Kier molecular flexibility index (Phi) is 10.4. The van der Waals surface area contributed by atoms with Crippen LogP contribution in [0, 0.1) is 0 Å². The molecule has 1 aromatic rings. The Morgan fingerprint density at radius 2 is 1.05 bits per heavy atom. The van der Waals surface area contributed by atoms with E-state index in [9.17, 15) is 74.6 Å². The van der Waals surface area contributed by atoms with Crippen LogP contribution in [-0.4, -0.2) is 73.1 Å². The molecule has 0 heterocycles. The molecule has 1 aromatic carbocycles. The molecule has 0 N–H and O–H groups in total. The van der Waals surface area contributed by atoms with Gasteiger partial charge < -0.3 is 0 Å². The van der Waals surface area contributed by atoms with E-state index in [1.165, 1.54) is 6.07 Å². The summed E-state index contributed by atoms with van der Waals surface area (Å²) in [5.41, 5.74) is -0.285. The third-order valence-corrected chi connectivity index (χ3v) is 11.2. The quantitative estimate of drug-likeness (QED) is 0.144. The average molecular weight is 745 g/mol. The van der Waals surface area contributed by atoms with Gasteiger partial charge in [-0.1, -0.05) is 0 Å². The first-order valence-corrected chi connectivity index (χ1v) is 21.8. The van der Waals surface area contributed by atoms with Gasteiger partial charge in [-0.2, -0.15) is 13.2 Å². The summed E-state index contributed by atoms with van der Waals surface area (Å²) in [5.74, 6) is -58.2. The van der Waals surface area contributed by atoms with E-state index >= 15 is 0 Å². The molecule has 0 aliphatic heterocycles. The first kappa shape index (κ1) is 37.7. The predicted octanol–water partition coefficient (Wildman–Crippen LogP) is 9.91. The number of rotatable bonds is 13. The van der Waals surface area contributed by atoms with Crippen LogP contribution < -0.4 is 4.74 Å². The minimum absolute atomic E-state index is 0.0637. The number of alkyl halides is 17. The van der Waals surface area contributed by atoms with Crippen molar-refractivity contribution in [2.75, 3.05) is 7.11 Å². The second kappa shape index (κ2) is 11.3. The van der Waals surface area contributed by atoms with Crippen LogP contribution in [-0.2, 0) is 0 Å². The van der Waals surface area contributed by atoms with Gasteiger partial charge in [-0.05, 0) is 0 Å². The van der Waals surface area contributed by atoms with Gasteiger partial charge in [0.15, 0.2) is 0 Å². The van der Waals surface area contributed by atoms with E-state index in [0.29, 0.717) is 0 Å². The summed E-state index contributed by atoms with van der Waals surface area (Å²) in [5, 5.41) is 0. The molecule has 1 rings (SSSR count). The fourth-order valence-corrected chi connectivity index (χ4v) is 6.99. The van der Waals surface area contributed by atoms with Crippen LogP contribution in [0.4, 0.5) is 74.6 Å². The van der Waals surface area contributed by atoms with Gasteiger partial charge in [0.25, 0.3) is 0 Å². The Hall–Kier alpha value is -1.37. The van der Waals surface area contributed by atoms with Gasteiger partial charge in [0.2, 0.25) is 0 Å². The van der Waals surface area contributed by atoms with Gasteiger partial charge in [0.1, 0.15) is 0 Å². The maximum atomic E-state index is 14.7. The molecule has 0 aromatic heterocycles. The Labute approximate surface area is 226 Å². The number of hydrogen-bond donors (Lipinski definition) is 0. The molecule has 1 nitrogen and oxygen atoms in total. The number of benzene rings is 1. The van der Waals surface area contributed by atoms with Crippen LogP contribution in [0.25, 0.3) is 0 Å². The number of ether oxygens (including phenoxy) is 1. The summed E-state index contributed by atoms with van der Waals surface area (Å²) in [6.45, 7) is 0. The molecule has 1 atom stereocenters. The molecule has 0 aliphatic carbocycles. The van der Waals surface area contributed by atoms with Gasteiger partial charge in [0.05, 0.1) is 0 Å². The summed E-state index contributed by atoms with van der Waals surface area (Å²) in [4.78, 5) is 5.20. The Balaban J connectivity index is 3.66. The molecular formula is C22H23F17OSn. The monoisotopic (exact) mass is 746 g/mol. The van der Waals surface area contributed by atoms with Gasteiger partial charge in [0, 0.05) is 0 Å². The van der Waals surface area contributed by atoms with Crippen molar-refractivity contribution in [1.82, 2.24) is 0 Å². The number of hydrogen-bond acceptors (Lipinski definition) is 1. The van der Waals surface area contributed by atoms with Gasteiger partial charge in [-0.15, -0.1) is 0 Å². The van der Waals surface area contributed by atoms with E-state index in [1.54, 1.807) is 14.8 Å². The van der Waals surface area contributed by atoms with Crippen molar-refractivity contribution in [3.05, 3.63) is 29.8 Å². The van der Waals surface area contributed by atoms with Crippen LogP contribution in [0.1, 0.15) is 24.3 Å². The molecule has 0 saturated heterocycles. The van der Waals surface area contributed by atoms with E-state index in [-0.39, 0.29) is 15.7 Å². The fourth-order valence-electron chi connectivity index (χ4n) is 3.52. The van der Waals surface area contributed by atoms with Crippen molar-refractivity contribution in [3.63, 3.8) is 0 Å². The molecule has 0 fully saturated rings. The van der Waals surface area contributed by atoms with Gasteiger partial charge >= 0.3 is 213 Å². The molecule has 19 heteroatoms. The number of methoxy groups -OCH3 is 1. The van der Waals surface area contributed by atoms with Crippen LogP contribution in [0.3, 0.4) is 0 Å². The normalized spacial score (nSPS) is 16.1. The second-order valence-electron chi connectivity index (χ2n) is 10.4. The average Bonchev–Trinajstić information content (AvgIpc) is 2.79. The van der Waals surface area contributed by atoms with Gasteiger partial charge in [-0.25, -0.2) is 0 Å². The van der Waals surface area contributed by atoms with E-state index in [0.717, 1.165) is 25.3 Å². The third kappa shape index (κ3) is 6.60. The van der Waals surface area contributed by atoms with Crippen LogP contribution >= 0.6 is 0 Å². The molecule has 0 radical (unpaired) electrons. The third-order valence-electron chi connectivity index (χ3n) is 6.10. The summed E-state index contributed by atoms with van der Waals surface area (Å²) >= 11 is -2.98. The van der Waals surface area contributed by atoms with E-state index in [1.807, 2.05) is 0 Å². The molecule has 0 saturated carbocycles. The molecule has 1 unspecified atom stereocenters. The van der Waals surface area contributed by atoms with Crippen LogP contribution in [0.5, 0.6) is 5.75 Å². The Bertz CT molecular complexity index is 1040. The first-order chi connectivity index (χ1) is 17.9. The zero-order valence-corrected chi connectivity index (χ0v) is 24.2. The van der Waals surface area contributed by atoms with Crippen molar-refractivity contribution in [2.24, 2.45) is 0 Å². The summed E-state index contributed by atoms with van der Waals surface area (Å²) in [7, 11) is 1.09. The van der Waals surface area contributed by atoms with E-state index in [2.05, 4.69) is 0 Å². The minimum atomic E-state index is -8.63. The van der Waals surface area contributed by atoms with Crippen molar-refractivity contribution < 1.29 is 79.4 Å². The maximum absolute atomic E-state index is 14.7. The fraction of sp³-hybridized carbons (Fsp3) is 0.727. The van der Waals surface area contributed by atoms with Crippen molar-refractivity contribution in [2.45, 2.75) is 85.6 Å². The van der Waals surface area contributed by atoms with Crippen molar-refractivity contribution >= 4 is 18.4 Å². The molecule has 41 heavy (non-hydrogen) atoms. The zero-order chi connectivity index (χ0) is 32.9. The SMILES string of the molecule is COc1cccc(C(C[CH2][Sn]([CH3])([CH3])[CH3])CC(F)(F)C(F)(F)C(F)(F)C(F)(F)C(F)(F)C(F)(F)C(F)(F)C(F)(F)F)c1. The molecule has 0 aliphatic rings. The topological polar surface area (TPSA) is 9.23 Å². The zero-order valence-electron chi connectivity index (χ0n) is 21.3. The first-order valence-electron chi connectivity index (χ1n) is 11.2. The van der Waals surface area contributed by atoms with Gasteiger partial charge in [-0.3, -0.25) is 0 Å². The van der Waals surface area contributed by atoms with Crippen LogP contribution in [0.2, 0.25) is 19.3 Å². The molecule has 0 amide bonds. The van der Waals surface area contributed by atoms with E-state index < -0.39 is 84.8 Å². The molecular weight excluding hydrogens is 722 g/mol. The molecule has 240 valence electrons. The molecule has 0 spiro atoms. The standard InChI is InChI=1S/C19H14F17O.3CH3.Sn/c1-3-9(10-5-4-6-11(7-10)37-2)8-12(20,21)13(22,23)14(24,25)15(26,27)16(28,29)17(30,31)18(32,33)19(34,35)36;;;;/h4-7,9H,1,3,8H2,2H3;3*1H3;. The second-order valence-corrected chi connectivity index (χ2v) is 26.5. The Morgan fingerprint density at radius 3 is 1.44 bits per heavy atom. The van der Waals surface area contributed by atoms with Crippen molar-refractivity contribution in [1.29, 1.82) is 0 Å². The van der Waals surface area contributed by atoms with Crippen molar-refractivity contribution in [3.8, 4) is 5.75 Å². The molecule has 0 bridgehead atoms. The number of halogens is 17. The summed E-state index contributed by atoms with van der Waals surface area (Å²) in [6, 6.07) is 4.39. The summed E-state index contributed by atoms with van der Waals surface area (Å²) in [6.07, 6.45) is -10.7. The van der Waals surface area contributed by atoms with E-state index in [4.69, 9.17) is 4.74 Å². The van der Waals surface area contributed by atoms with Crippen LogP contribution in [0.15, 0.2) is 24.3 Å². The Morgan fingerprint density at radius 1 is 0.634 bits per heavy atom. The summed E-state index contributed by atoms with van der Waals surface area (Å²) < 4.78 is 237. The predicted molar refractivity (Wildman–Crippen MR) is 114 cm³/mol.